The first-order valence-electron chi connectivity index (χ1n) is 6.91. The van der Waals surface area contributed by atoms with Crippen LogP contribution in [-0.2, 0) is 5.41 Å². The Morgan fingerprint density at radius 2 is 2.14 bits per heavy atom. The summed E-state index contributed by atoms with van der Waals surface area (Å²) in [7, 11) is 0. The van der Waals surface area contributed by atoms with Gasteiger partial charge in [0.25, 0.3) is 0 Å². The molecule has 0 radical (unpaired) electrons. The molecule has 21 heavy (non-hydrogen) atoms. The first kappa shape index (κ1) is 13.6. The van der Waals surface area contributed by atoms with Gasteiger partial charge in [-0.3, -0.25) is 4.98 Å². The van der Waals surface area contributed by atoms with Gasteiger partial charge in [-0.1, -0.05) is 24.3 Å². The number of hydrogen-bond acceptors (Lipinski definition) is 4. The fraction of sp³-hybridized carbons (Fsp3) is 0.294. The fourth-order valence-electron chi connectivity index (χ4n) is 2.80. The number of nitriles is 1. The Labute approximate surface area is 123 Å². The van der Waals surface area contributed by atoms with Crippen LogP contribution in [0.3, 0.4) is 0 Å². The maximum Gasteiger partial charge on any atom is 0.124 e. The van der Waals surface area contributed by atoms with E-state index in [2.05, 4.69) is 11.1 Å². The Hall–Kier alpha value is -2.38. The van der Waals surface area contributed by atoms with Crippen LogP contribution in [0.25, 0.3) is 0 Å². The topological polar surface area (TPSA) is 66.1 Å². The van der Waals surface area contributed by atoms with E-state index in [0.29, 0.717) is 24.3 Å². The van der Waals surface area contributed by atoms with E-state index in [-0.39, 0.29) is 0 Å². The standard InChI is InChI=1S/C17H16N2O2/c1-12-6-7-13(10-19-12)16(20)17(11-18)8-9-21-15-5-3-2-4-14(15)17/h2-7,10,16,20H,8-9H2,1H3. The number of aliphatic hydroxyl groups excluding tert-OH is 1. The Morgan fingerprint density at radius 1 is 1.33 bits per heavy atom. The smallest absolute Gasteiger partial charge is 0.124 e. The van der Waals surface area contributed by atoms with Crippen LogP contribution in [0.5, 0.6) is 5.75 Å². The second kappa shape index (κ2) is 5.19. The summed E-state index contributed by atoms with van der Waals surface area (Å²) in [6, 6.07) is 13.4. The molecule has 2 heterocycles. The van der Waals surface area contributed by atoms with E-state index >= 15 is 0 Å². The van der Waals surface area contributed by atoms with Crippen molar-refractivity contribution in [3.63, 3.8) is 0 Å². The number of benzene rings is 1. The molecule has 1 aromatic carbocycles. The molecule has 0 saturated carbocycles. The van der Waals surface area contributed by atoms with Gasteiger partial charge in [-0.25, -0.2) is 0 Å². The second-order valence-corrected chi connectivity index (χ2v) is 5.31. The van der Waals surface area contributed by atoms with Gasteiger partial charge in [0, 0.05) is 29.4 Å². The zero-order valence-corrected chi connectivity index (χ0v) is 11.8. The summed E-state index contributed by atoms with van der Waals surface area (Å²) in [6.45, 7) is 2.31. The van der Waals surface area contributed by atoms with Crippen molar-refractivity contribution in [1.82, 2.24) is 4.98 Å². The zero-order valence-electron chi connectivity index (χ0n) is 11.8. The van der Waals surface area contributed by atoms with Gasteiger partial charge in [-0.05, 0) is 19.1 Å². The monoisotopic (exact) mass is 280 g/mol. The average Bonchev–Trinajstić information content (AvgIpc) is 2.54. The molecule has 0 aliphatic carbocycles. The van der Waals surface area contributed by atoms with Gasteiger partial charge in [-0.15, -0.1) is 0 Å². The first-order valence-corrected chi connectivity index (χ1v) is 6.91. The van der Waals surface area contributed by atoms with E-state index in [1.54, 1.807) is 6.20 Å². The number of para-hydroxylation sites is 1. The van der Waals surface area contributed by atoms with Crippen LogP contribution in [0.2, 0.25) is 0 Å². The highest BCUT2D eigenvalue weighted by Gasteiger charge is 2.45. The Kier molecular flexibility index (Phi) is 3.36. The highest BCUT2D eigenvalue weighted by atomic mass is 16.5. The van der Waals surface area contributed by atoms with E-state index in [1.807, 2.05) is 43.3 Å². The van der Waals surface area contributed by atoms with Crippen molar-refractivity contribution >= 4 is 0 Å². The van der Waals surface area contributed by atoms with Crippen LogP contribution in [0.15, 0.2) is 42.6 Å². The van der Waals surface area contributed by atoms with E-state index in [4.69, 9.17) is 4.74 Å². The molecule has 0 amide bonds. The SMILES string of the molecule is Cc1ccc(C(O)C2(C#N)CCOc3ccccc32)cn1. The predicted molar refractivity (Wildman–Crippen MR) is 77.8 cm³/mol. The minimum atomic E-state index is -0.994. The van der Waals surface area contributed by atoms with Crippen LogP contribution in [-0.4, -0.2) is 16.7 Å². The molecular formula is C17H16N2O2. The molecule has 2 atom stereocenters. The highest BCUT2D eigenvalue weighted by Crippen LogP contribution is 2.46. The largest absolute Gasteiger partial charge is 0.493 e. The highest BCUT2D eigenvalue weighted by molar-refractivity contribution is 5.48. The van der Waals surface area contributed by atoms with Crippen LogP contribution >= 0.6 is 0 Å². The minimum absolute atomic E-state index is 0.418. The van der Waals surface area contributed by atoms with Crippen molar-refractivity contribution in [1.29, 1.82) is 5.26 Å². The number of pyridine rings is 1. The Bertz CT molecular complexity index is 691. The number of nitrogens with zero attached hydrogens (tertiary/aromatic N) is 2. The molecular weight excluding hydrogens is 264 g/mol. The molecule has 0 bridgehead atoms. The van der Waals surface area contributed by atoms with Gasteiger partial charge in [0.15, 0.2) is 0 Å². The Balaban J connectivity index is 2.10. The summed E-state index contributed by atoms with van der Waals surface area (Å²) in [5.41, 5.74) is 1.28. The molecule has 0 fully saturated rings. The maximum atomic E-state index is 10.8. The van der Waals surface area contributed by atoms with Crippen molar-refractivity contribution in [2.75, 3.05) is 6.61 Å². The molecule has 2 aromatic rings. The number of hydrogen-bond donors (Lipinski definition) is 1. The number of fused-ring (bicyclic) bond motifs is 1. The predicted octanol–water partition coefficient (Wildman–Crippen LogP) is 2.67. The third-order valence-corrected chi connectivity index (χ3v) is 4.04. The molecule has 1 aliphatic heterocycles. The second-order valence-electron chi connectivity index (χ2n) is 5.31. The molecule has 0 saturated heterocycles. The van der Waals surface area contributed by atoms with Gasteiger partial charge in [-0.2, -0.15) is 5.26 Å². The van der Waals surface area contributed by atoms with Crippen LogP contribution in [0, 0.1) is 18.3 Å². The van der Waals surface area contributed by atoms with E-state index in [1.165, 1.54) is 0 Å². The van der Waals surface area contributed by atoms with Gasteiger partial charge in [0.2, 0.25) is 0 Å². The molecule has 4 nitrogen and oxygen atoms in total. The fourth-order valence-corrected chi connectivity index (χ4v) is 2.80. The minimum Gasteiger partial charge on any atom is -0.493 e. The van der Waals surface area contributed by atoms with Gasteiger partial charge in [0.1, 0.15) is 17.3 Å². The molecule has 1 aromatic heterocycles. The van der Waals surface area contributed by atoms with Gasteiger partial charge in [0.05, 0.1) is 12.7 Å². The lowest BCUT2D eigenvalue weighted by atomic mass is 9.71. The van der Waals surface area contributed by atoms with Crippen LogP contribution in [0.1, 0.15) is 29.3 Å². The molecule has 1 N–H and O–H groups in total. The molecule has 106 valence electrons. The summed E-state index contributed by atoms with van der Waals surface area (Å²) < 4.78 is 5.61. The van der Waals surface area contributed by atoms with E-state index < -0.39 is 11.5 Å². The molecule has 2 unspecified atom stereocenters. The number of aromatic nitrogens is 1. The van der Waals surface area contributed by atoms with Gasteiger partial charge >= 0.3 is 0 Å². The summed E-state index contributed by atoms with van der Waals surface area (Å²) >= 11 is 0. The van der Waals surface area contributed by atoms with E-state index in [0.717, 1.165) is 11.3 Å². The molecule has 4 heteroatoms. The van der Waals surface area contributed by atoms with Crippen molar-refractivity contribution < 1.29 is 9.84 Å². The third-order valence-electron chi connectivity index (χ3n) is 4.04. The van der Waals surface area contributed by atoms with Crippen LogP contribution < -0.4 is 4.74 Å². The average molecular weight is 280 g/mol. The van der Waals surface area contributed by atoms with Crippen molar-refractivity contribution in [2.45, 2.75) is 24.9 Å². The zero-order chi connectivity index (χ0) is 14.9. The summed E-state index contributed by atoms with van der Waals surface area (Å²) in [5, 5.41) is 20.6. The summed E-state index contributed by atoms with van der Waals surface area (Å²) in [4.78, 5) is 4.22. The normalized spacial score (nSPS) is 21.8. The molecule has 3 rings (SSSR count). The van der Waals surface area contributed by atoms with Crippen molar-refractivity contribution in [3.05, 3.63) is 59.4 Å². The van der Waals surface area contributed by atoms with Crippen molar-refractivity contribution in [3.8, 4) is 11.8 Å². The number of ether oxygens (including phenoxy) is 1. The quantitative estimate of drug-likeness (QED) is 0.918. The Morgan fingerprint density at radius 3 is 2.86 bits per heavy atom. The molecule has 0 spiro atoms. The lowest BCUT2D eigenvalue weighted by Crippen LogP contribution is -2.37. The number of rotatable bonds is 2. The summed E-state index contributed by atoms with van der Waals surface area (Å²) in [5.74, 6) is 0.671. The lowest BCUT2D eigenvalue weighted by molar-refractivity contribution is 0.0804. The number of aliphatic hydroxyl groups is 1. The maximum absolute atomic E-state index is 10.8. The van der Waals surface area contributed by atoms with Gasteiger partial charge < -0.3 is 9.84 Å². The lowest BCUT2D eigenvalue weighted by Gasteiger charge is -2.36. The summed E-state index contributed by atoms with van der Waals surface area (Å²) in [6.07, 6.45) is 1.16. The number of aryl methyl sites for hydroxylation is 1. The van der Waals surface area contributed by atoms with E-state index in [9.17, 15) is 10.4 Å². The molecule has 1 aliphatic rings. The first-order chi connectivity index (χ1) is 10.2. The third kappa shape index (κ3) is 2.16. The van der Waals surface area contributed by atoms with Crippen molar-refractivity contribution in [2.24, 2.45) is 0 Å². The van der Waals surface area contributed by atoms with Crippen LogP contribution in [0.4, 0.5) is 0 Å².